The number of nitrogens with zero attached hydrogens (tertiary/aromatic N) is 2. The molecule has 5 nitrogen and oxygen atoms in total. The van der Waals surface area contributed by atoms with Crippen LogP contribution in [0.2, 0.25) is 0 Å². The van der Waals surface area contributed by atoms with Crippen molar-refractivity contribution in [1.82, 2.24) is 9.88 Å². The molecule has 1 saturated heterocycles. The van der Waals surface area contributed by atoms with E-state index in [9.17, 15) is 9.59 Å². The van der Waals surface area contributed by atoms with Crippen molar-refractivity contribution < 1.29 is 4.79 Å². The molecule has 5 rings (SSSR count). The molecule has 2 aliphatic heterocycles. The number of nitrogens with one attached hydrogen (secondary N) is 1. The Morgan fingerprint density at radius 3 is 2.68 bits per heavy atom. The number of rotatable bonds is 3. The molecule has 2 aliphatic rings. The zero-order chi connectivity index (χ0) is 19.1. The van der Waals surface area contributed by atoms with Crippen LogP contribution in [-0.2, 0) is 11.3 Å². The van der Waals surface area contributed by atoms with Gasteiger partial charge in [-0.25, -0.2) is 0 Å². The zero-order valence-corrected chi connectivity index (χ0v) is 15.7. The predicted octanol–water partition coefficient (Wildman–Crippen LogP) is 3.60. The van der Waals surface area contributed by atoms with E-state index in [4.69, 9.17) is 0 Å². The molecule has 1 fully saturated rings. The second-order valence-corrected chi connectivity index (χ2v) is 7.69. The lowest BCUT2D eigenvalue weighted by Crippen LogP contribution is -2.39. The first-order chi connectivity index (χ1) is 13.7. The summed E-state index contributed by atoms with van der Waals surface area (Å²) in [6, 6.07) is 18.3. The maximum absolute atomic E-state index is 12.6. The van der Waals surface area contributed by atoms with Crippen molar-refractivity contribution in [2.24, 2.45) is 0 Å². The summed E-state index contributed by atoms with van der Waals surface area (Å²) in [5.74, 6) is 0.263. The highest BCUT2D eigenvalue weighted by atomic mass is 16.2. The lowest BCUT2D eigenvalue weighted by Gasteiger charge is -2.39. The average molecular weight is 373 g/mol. The summed E-state index contributed by atoms with van der Waals surface area (Å²) in [5.41, 5.74) is 3.92. The van der Waals surface area contributed by atoms with E-state index in [1.807, 2.05) is 47.4 Å². The van der Waals surface area contributed by atoms with Crippen LogP contribution >= 0.6 is 0 Å². The first-order valence-corrected chi connectivity index (χ1v) is 9.95. The molecule has 0 saturated carbocycles. The fourth-order valence-electron chi connectivity index (χ4n) is 4.61. The third-order valence-corrected chi connectivity index (χ3v) is 5.99. The van der Waals surface area contributed by atoms with Crippen LogP contribution in [0, 0.1) is 0 Å². The summed E-state index contributed by atoms with van der Waals surface area (Å²) in [7, 11) is 0. The number of aromatic nitrogens is 1. The van der Waals surface area contributed by atoms with Gasteiger partial charge in [0.05, 0.1) is 6.04 Å². The van der Waals surface area contributed by atoms with Crippen LogP contribution in [0.3, 0.4) is 0 Å². The third kappa shape index (κ3) is 2.87. The second-order valence-electron chi connectivity index (χ2n) is 7.69. The minimum atomic E-state index is -0.0342. The van der Waals surface area contributed by atoms with Gasteiger partial charge in [0, 0.05) is 42.8 Å². The molecular formula is C23H23N3O2. The van der Waals surface area contributed by atoms with E-state index in [1.165, 1.54) is 5.56 Å². The summed E-state index contributed by atoms with van der Waals surface area (Å²) in [6.45, 7) is 2.25. The minimum absolute atomic E-state index is 0.0342. The zero-order valence-electron chi connectivity index (χ0n) is 15.7. The SMILES string of the molecule is O=C1CCCN1C1CCN(Cc2cc3ccccc3[nH]c2=O)c2ccccc21. The molecule has 142 valence electrons. The Hall–Kier alpha value is -3.08. The van der Waals surface area contributed by atoms with E-state index in [2.05, 4.69) is 22.0 Å². The Balaban J connectivity index is 1.49. The molecule has 3 heterocycles. The Bertz CT molecular complexity index is 1100. The number of amides is 1. The van der Waals surface area contributed by atoms with E-state index < -0.39 is 0 Å². The number of hydrogen-bond donors (Lipinski definition) is 1. The van der Waals surface area contributed by atoms with Gasteiger partial charge in [0.15, 0.2) is 0 Å². The monoisotopic (exact) mass is 373 g/mol. The number of carbonyl (C=O) groups excluding carboxylic acids is 1. The van der Waals surface area contributed by atoms with Gasteiger partial charge in [-0.05, 0) is 42.0 Å². The van der Waals surface area contributed by atoms with E-state index in [0.717, 1.165) is 48.1 Å². The first-order valence-electron chi connectivity index (χ1n) is 9.95. The van der Waals surface area contributed by atoms with Crippen LogP contribution in [0.4, 0.5) is 5.69 Å². The maximum atomic E-state index is 12.6. The van der Waals surface area contributed by atoms with Crippen molar-refractivity contribution in [3.8, 4) is 0 Å². The standard InChI is InChI=1S/C23H23N3O2/c27-22-10-5-12-26(22)21-11-13-25(20-9-4-2-7-18(20)21)15-17-14-16-6-1-3-8-19(16)24-23(17)28/h1-4,6-9,14,21H,5,10-13,15H2,(H,24,28). The molecule has 1 aromatic heterocycles. The van der Waals surface area contributed by atoms with Crippen molar-refractivity contribution in [3.05, 3.63) is 76.1 Å². The predicted molar refractivity (Wildman–Crippen MR) is 110 cm³/mol. The number of likely N-dealkylation sites (tertiary alicyclic amines) is 1. The summed E-state index contributed by atoms with van der Waals surface area (Å²) < 4.78 is 0. The molecule has 0 aliphatic carbocycles. The molecule has 1 unspecified atom stereocenters. The highest BCUT2D eigenvalue weighted by Gasteiger charge is 2.34. The quantitative estimate of drug-likeness (QED) is 0.763. The van der Waals surface area contributed by atoms with Crippen LogP contribution in [0.15, 0.2) is 59.4 Å². The van der Waals surface area contributed by atoms with Gasteiger partial charge in [-0.15, -0.1) is 0 Å². The molecule has 0 spiro atoms. The Morgan fingerprint density at radius 2 is 1.82 bits per heavy atom. The third-order valence-electron chi connectivity index (χ3n) is 5.99. The fourth-order valence-corrected chi connectivity index (χ4v) is 4.61. The minimum Gasteiger partial charge on any atom is -0.367 e. The lowest BCUT2D eigenvalue weighted by atomic mass is 9.94. The van der Waals surface area contributed by atoms with Crippen molar-refractivity contribution in [2.75, 3.05) is 18.0 Å². The van der Waals surface area contributed by atoms with Crippen LogP contribution in [0.25, 0.3) is 10.9 Å². The number of anilines is 1. The van der Waals surface area contributed by atoms with E-state index in [1.54, 1.807) is 0 Å². The molecule has 3 aromatic rings. The van der Waals surface area contributed by atoms with Gasteiger partial charge >= 0.3 is 0 Å². The van der Waals surface area contributed by atoms with E-state index in [0.29, 0.717) is 13.0 Å². The lowest BCUT2D eigenvalue weighted by molar-refractivity contribution is -0.130. The molecule has 2 aromatic carbocycles. The van der Waals surface area contributed by atoms with E-state index in [-0.39, 0.29) is 17.5 Å². The number of fused-ring (bicyclic) bond motifs is 2. The summed E-state index contributed by atoms with van der Waals surface area (Å²) >= 11 is 0. The number of hydrogen-bond acceptors (Lipinski definition) is 3. The number of aromatic amines is 1. The molecular weight excluding hydrogens is 350 g/mol. The van der Waals surface area contributed by atoms with Gasteiger partial charge in [-0.1, -0.05) is 36.4 Å². The molecule has 28 heavy (non-hydrogen) atoms. The van der Waals surface area contributed by atoms with Crippen molar-refractivity contribution >= 4 is 22.5 Å². The second kappa shape index (κ2) is 6.82. The average Bonchev–Trinajstić information content (AvgIpc) is 3.14. The van der Waals surface area contributed by atoms with Crippen LogP contribution in [-0.4, -0.2) is 28.9 Å². The summed E-state index contributed by atoms with van der Waals surface area (Å²) in [6.07, 6.45) is 2.51. The number of benzene rings is 2. The molecule has 1 N–H and O–H groups in total. The molecule has 0 radical (unpaired) electrons. The topological polar surface area (TPSA) is 56.4 Å². The smallest absolute Gasteiger partial charge is 0.253 e. The van der Waals surface area contributed by atoms with Crippen LogP contribution in [0.5, 0.6) is 0 Å². The molecule has 0 bridgehead atoms. The van der Waals surface area contributed by atoms with Gasteiger partial charge < -0.3 is 14.8 Å². The van der Waals surface area contributed by atoms with Crippen LogP contribution in [0.1, 0.15) is 36.4 Å². The highest BCUT2D eigenvalue weighted by molar-refractivity contribution is 5.80. The van der Waals surface area contributed by atoms with Gasteiger partial charge in [-0.2, -0.15) is 0 Å². The van der Waals surface area contributed by atoms with Gasteiger partial charge in [-0.3, -0.25) is 9.59 Å². The van der Waals surface area contributed by atoms with E-state index >= 15 is 0 Å². The molecule has 5 heteroatoms. The number of carbonyl (C=O) groups is 1. The number of para-hydroxylation sites is 2. The normalized spacial score (nSPS) is 19.3. The molecule has 1 amide bonds. The summed E-state index contributed by atoms with van der Waals surface area (Å²) in [5, 5.41) is 1.04. The largest absolute Gasteiger partial charge is 0.367 e. The van der Waals surface area contributed by atoms with Crippen molar-refractivity contribution in [2.45, 2.75) is 31.8 Å². The summed E-state index contributed by atoms with van der Waals surface area (Å²) in [4.78, 5) is 32.2. The van der Waals surface area contributed by atoms with Gasteiger partial charge in [0.25, 0.3) is 5.56 Å². The molecule has 1 atom stereocenters. The van der Waals surface area contributed by atoms with Crippen LogP contribution < -0.4 is 10.5 Å². The van der Waals surface area contributed by atoms with Crippen molar-refractivity contribution in [3.63, 3.8) is 0 Å². The number of pyridine rings is 1. The Labute approximate surface area is 163 Å². The number of H-pyrrole nitrogens is 1. The Kier molecular flexibility index (Phi) is 4.15. The van der Waals surface area contributed by atoms with Gasteiger partial charge in [0.2, 0.25) is 5.91 Å². The fraction of sp³-hybridized carbons (Fsp3) is 0.304. The highest BCUT2D eigenvalue weighted by Crippen LogP contribution is 2.39. The van der Waals surface area contributed by atoms with Crippen molar-refractivity contribution in [1.29, 1.82) is 0 Å². The first kappa shape index (κ1) is 17.0. The maximum Gasteiger partial charge on any atom is 0.253 e. The Morgan fingerprint density at radius 1 is 1.00 bits per heavy atom. The van der Waals surface area contributed by atoms with Gasteiger partial charge in [0.1, 0.15) is 0 Å².